The smallest absolute Gasteiger partial charge is 0.245 e. The summed E-state index contributed by atoms with van der Waals surface area (Å²) in [4.78, 5) is 4.03. The van der Waals surface area contributed by atoms with E-state index in [-0.39, 0.29) is 18.6 Å². The molecule has 6 nitrogen and oxygen atoms in total. The van der Waals surface area contributed by atoms with Crippen LogP contribution in [-0.2, 0) is 11.2 Å². The Morgan fingerprint density at radius 1 is 1.64 bits per heavy atom. The van der Waals surface area contributed by atoms with Crippen molar-refractivity contribution in [2.75, 3.05) is 13.7 Å². The van der Waals surface area contributed by atoms with Crippen molar-refractivity contribution >= 4 is 0 Å². The maximum atomic E-state index is 8.75. The number of nitrogens with two attached hydrogens (primary N) is 1. The van der Waals surface area contributed by atoms with E-state index in [1.54, 1.807) is 7.11 Å². The maximum absolute atomic E-state index is 8.75. The molecule has 80 valence electrons. The largest absolute Gasteiger partial charge is 0.394 e. The number of rotatable bonds is 5. The first-order chi connectivity index (χ1) is 6.67. The van der Waals surface area contributed by atoms with E-state index >= 15 is 0 Å². The van der Waals surface area contributed by atoms with Gasteiger partial charge in [-0.2, -0.15) is 4.98 Å². The summed E-state index contributed by atoms with van der Waals surface area (Å²) in [7, 11) is 1.62. The van der Waals surface area contributed by atoms with E-state index in [2.05, 4.69) is 10.1 Å². The van der Waals surface area contributed by atoms with Crippen LogP contribution in [0.4, 0.5) is 0 Å². The molecule has 1 aromatic heterocycles. The summed E-state index contributed by atoms with van der Waals surface area (Å²) >= 11 is 0. The van der Waals surface area contributed by atoms with Crippen LogP contribution < -0.4 is 5.73 Å². The van der Waals surface area contributed by atoms with Crippen molar-refractivity contribution < 1.29 is 14.4 Å². The fourth-order valence-corrected chi connectivity index (χ4v) is 0.920. The predicted octanol–water partition coefficient (Wildman–Crippen LogP) is -0.361. The minimum absolute atomic E-state index is 0.0331. The molecule has 1 heterocycles. The van der Waals surface area contributed by atoms with Gasteiger partial charge in [-0.3, -0.25) is 0 Å². The van der Waals surface area contributed by atoms with Crippen molar-refractivity contribution in [3.05, 3.63) is 11.7 Å². The summed E-state index contributed by atoms with van der Waals surface area (Å²) < 4.78 is 9.91. The summed E-state index contributed by atoms with van der Waals surface area (Å²) in [6.07, 6.45) is 0.601. The Hall–Kier alpha value is -0.980. The molecule has 0 aliphatic heterocycles. The van der Waals surface area contributed by atoms with Gasteiger partial charge in [-0.1, -0.05) is 5.16 Å². The quantitative estimate of drug-likeness (QED) is 0.675. The van der Waals surface area contributed by atoms with Crippen molar-refractivity contribution in [1.82, 2.24) is 10.1 Å². The highest BCUT2D eigenvalue weighted by Crippen LogP contribution is 2.08. The lowest BCUT2D eigenvalue weighted by Crippen LogP contribution is -2.15. The zero-order valence-electron chi connectivity index (χ0n) is 8.30. The SMILES string of the molecule is COC(C)Cc1noc([C@@H](N)CO)n1. The first kappa shape index (κ1) is 11.1. The van der Waals surface area contributed by atoms with Crippen molar-refractivity contribution in [3.8, 4) is 0 Å². The van der Waals surface area contributed by atoms with E-state index in [9.17, 15) is 0 Å². The van der Waals surface area contributed by atoms with Gasteiger partial charge in [0, 0.05) is 13.5 Å². The van der Waals surface area contributed by atoms with Crippen LogP contribution >= 0.6 is 0 Å². The topological polar surface area (TPSA) is 94.4 Å². The average Bonchev–Trinajstić information content (AvgIpc) is 2.65. The number of aliphatic hydroxyl groups excluding tert-OH is 1. The third-order valence-electron chi connectivity index (χ3n) is 1.87. The number of nitrogens with zero attached hydrogens (tertiary/aromatic N) is 2. The maximum Gasteiger partial charge on any atom is 0.245 e. The number of methoxy groups -OCH3 is 1. The number of aliphatic hydroxyl groups is 1. The van der Waals surface area contributed by atoms with Crippen molar-refractivity contribution in [2.45, 2.75) is 25.5 Å². The molecule has 1 aromatic rings. The summed E-state index contributed by atoms with van der Waals surface area (Å²) in [5.74, 6) is 0.795. The fraction of sp³-hybridized carbons (Fsp3) is 0.750. The van der Waals surface area contributed by atoms with Gasteiger partial charge in [0.15, 0.2) is 5.82 Å². The normalized spacial score (nSPS) is 15.4. The van der Waals surface area contributed by atoms with E-state index in [1.165, 1.54) is 0 Å². The minimum Gasteiger partial charge on any atom is -0.394 e. The molecular weight excluding hydrogens is 186 g/mol. The number of ether oxygens (including phenoxy) is 1. The molecule has 14 heavy (non-hydrogen) atoms. The molecule has 1 unspecified atom stereocenters. The molecule has 1 rings (SSSR count). The molecule has 0 amide bonds. The Morgan fingerprint density at radius 3 is 2.93 bits per heavy atom. The lowest BCUT2D eigenvalue weighted by Gasteiger charge is -2.04. The number of hydrogen-bond donors (Lipinski definition) is 2. The predicted molar refractivity (Wildman–Crippen MR) is 48.5 cm³/mol. The second-order valence-electron chi connectivity index (χ2n) is 3.09. The van der Waals surface area contributed by atoms with E-state index in [0.717, 1.165) is 0 Å². The molecular formula is C8H15N3O3. The Kier molecular flexibility index (Phi) is 3.99. The molecule has 2 atom stereocenters. The van der Waals surface area contributed by atoms with Gasteiger partial charge >= 0.3 is 0 Å². The molecule has 0 spiro atoms. The van der Waals surface area contributed by atoms with Crippen LogP contribution in [0.1, 0.15) is 24.7 Å². The van der Waals surface area contributed by atoms with Gasteiger partial charge in [-0.25, -0.2) is 0 Å². The molecule has 0 aliphatic rings. The standard InChI is InChI=1S/C8H15N3O3/c1-5(13-2)3-7-10-8(14-11-7)6(9)4-12/h5-6,12H,3-4,9H2,1-2H3/t5?,6-/m0/s1. The van der Waals surface area contributed by atoms with E-state index in [4.69, 9.17) is 20.1 Å². The molecule has 0 saturated carbocycles. The van der Waals surface area contributed by atoms with Crippen LogP contribution in [-0.4, -0.2) is 35.1 Å². The molecule has 0 saturated heterocycles. The van der Waals surface area contributed by atoms with E-state index in [1.807, 2.05) is 6.92 Å². The zero-order valence-corrected chi connectivity index (χ0v) is 8.30. The van der Waals surface area contributed by atoms with Gasteiger partial charge in [0.05, 0.1) is 12.7 Å². The summed E-state index contributed by atoms with van der Waals surface area (Å²) in [5.41, 5.74) is 5.49. The fourth-order valence-electron chi connectivity index (χ4n) is 0.920. The summed E-state index contributed by atoms with van der Waals surface area (Å²) in [6.45, 7) is 1.70. The third kappa shape index (κ3) is 2.76. The van der Waals surface area contributed by atoms with Gasteiger partial charge in [0.1, 0.15) is 6.04 Å². The Bertz CT molecular complexity index is 277. The third-order valence-corrected chi connectivity index (χ3v) is 1.87. The second kappa shape index (κ2) is 5.04. The van der Waals surface area contributed by atoms with Gasteiger partial charge in [0.2, 0.25) is 5.89 Å². The monoisotopic (exact) mass is 201 g/mol. The lowest BCUT2D eigenvalue weighted by molar-refractivity contribution is 0.116. The van der Waals surface area contributed by atoms with Crippen molar-refractivity contribution in [1.29, 1.82) is 0 Å². The van der Waals surface area contributed by atoms with Crippen molar-refractivity contribution in [2.24, 2.45) is 5.73 Å². The summed E-state index contributed by atoms with van der Waals surface area (Å²) in [6, 6.07) is -0.603. The molecule has 0 radical (unpaired) electrons. The summed E-state index contributed by atoms with van der Waals surface area (Å²) in [5, 5.41) is 12.5. The second-order valence-corrected chi connectivity index (χ2v) is 3.09. The highest BCUT2D eigenvalue weighted by molar-refractivity contribution is 4.92. The minimum atomic E-state index is -0.603. The Labute approximate surface area is 82.1 Å². The average molecular weight is 201 g/mol. The molecule has 0 bridgehead atoms. The van der Waals surface area contributed by atoms with Crippen LogP contribution in [0.3, 0.4) is 0 Å². The van der Waals surface area contributed by atoms with E-state index < -0.39 is 6.04 Å². The first-order valence-electron chi connectivity index (χ1n) is 4.39. The number of aromatic nitrogens is 2. The highest BCUT2D eigenvalue weighted by Gasteiger charge is 2.14. The molecule has 0 fully saturated rings. The van der Waals surface area contributed by atoms with Crippen LogP contribution in [0.2, 0.25) is 0 Å². The molecule has 6 heteroatoms. The molecule has 3 N–H and O–H groups in total. The van der Waals surface area contributed by atoms with Crippen LogP contribution in [0.25, 0.3) is 0 Å². The number of hydrogen-bond acceptors (Lipinski definition) is 6. The zero-order chi connectivity index (χ0) is 10.6. The molecule has 0 aliphatic carbocycles. The van der Waals surface area contributed by atoms with Gasteiger partial charge in [0.25, 0.3) is 0 Å². The van der Waals surface area contributed by atoms with Crippen LogP contribution in [0.15, 0.2) is 4.52 Å². The van der Waals surface area contributed by atoms with Gasteiger partial charge in [-0.05, 0) is 6.92 Å². The Balaban J connectivity index is 2.59. The van der Waals surface area contributed by atoms with Crippen LogP contribution in [0.5, 0.6) is 0 Å². The van der Waals surface area contributed by atoms with Crippen LogP contribution in [0, 0.1) is 0 Å². The first-order valence-corrected chi connectivity index (χ1v) is 4.39. The van der Waals surface area contributed by atoms with Crippen molar-refractivity contribution in [3.63, 3.8) is 0 Å². The highest BCUT2D eigenvalue weighted by atomic mass is 16.5. The van der Waals surface area contributed by atoms with Gasteiger partial charge in [-0.15, -0.1) is 0 Å². The van der Waals surface area contributed by atoms with Gasteiger partial charge < -0.3 is 20.1 Å². The van der Waals surface area contributed by atoms with E-state index in [0.29, 0.717) is 12.2 Å². The molecule has 0 aromatic carbocycles. The lowest BCUT2D eigenvalue weighted by atomic mass is 10.3. The Morgan fingerprint density at radius 2 is 2.36 bits per heavy atom.